The molecule has 2 amide bonds. The molecule has 0 aliphatic carbocycles. The van der Waals surface area contributed by atoms with E-state index in [1.54, 1.807) is 42.1 Å². The quantitative estimate of drug-likeness (QED) is 0.935. The lowest BCUT2D eigenvalue weighted by molar-refractivity contribution is 0.198. The Morgan fingerprint density at radius 2 is 2.36 bits per heavy atom. The van der Waals surface area contributed by atoms with Gasteiger partial charge in [-0.15, -0.1) is 11.8 Å². The number of nitrogens with one attached hydrogen (secondary N) is 1. The van der Waals surface area contributed by atoms with Crippen molar-refractivity contribution < 1.29 is 13.6 Å². The van der Waals surface area contributed by atoms with Crippen LogP contribution in [-0.2, 0) is 6.54 Å². The van der Waals surface area contributed by atoms with E-state index in [-0.39, 0.29) is 17.9 Å². The first kappa shape index (κ1) is 15.0. The Morgan fingerprint density at radius 1 is 1.50 bits per heavy atom. The molecular formula is C16H17FN2O2S. The molecule has 0 saturated carbocycles. The van der Waals surface area contributed by atoms with E-state index in [1.807, 2.05) is 6.07 Å². The van der Waals surface area contributed by atoms with Gasteiger partial charge in [0.1, 0.15) is 11.6 Å². The van der Waals surface area contributed by atoms with Crippen LogP contribution in [0.1, 0.15) is 23.8 Å². The van der Waals surface area contributed by atoms with Crippen molar-refractivity contribution in [3.8, 4) is 0 Å². The number of carbonyl (C=O) groups excluding carboxylic acids is 1. The standard InChI is InChI=1S/C16H17FN2O2S/c1-19(10-12-3-2-7-21-12)16(20)18-14-6-8-22-15-5-4-11(17)9-13(14)15/h2-5,7,9,14H,6,8,10H2,1H3,(H,18,20). The summed E-state index contributed by atoms with van der Waals surface area (Å²) in [7, 11) is 1.71. The van der Waals surface area contributed by atoms with E-state index in [2.05, 4.69) is 5.32 Å². The van der Waals surface area contributed by atoms with Crippen molar-refractivity contribution in [1.29, 1.82) is 0 Å². The lowest BCUT2D eigenvalue weighted by atomic mass is 10.0. The molecule has 1 aromatic carbocycles. The average molecular weight is 320 g/mol. The number of benzene rings is 1. The van der Waals surface area contributed by atoms with Gasteiger partial charge in [-0.1, -0.05) is 0 Å². The Morgan fingerprint density at radius 3 is 3.14 bits per heavy atom. The fourth-order valence-corrected chi connectivity index (χ4v) is 3.59. The molecule has 2 heterocycles. The van der Waals surface area contributed by atoms with Crippen LogP contribution in [-0.4, -0.2) is 23.7 Å². The van der Waals surface area contributed by atoms with Crippen LogP contribution in [0.4, 0.5) is 9.18 Å². The second-order valence-corrected chi connectivity index (χ2v) is 6.39. The molecule has 1 aliphatic heterocycles. The first-order valence-corrected chi connectivity index (χ1v) is 8.08. The van der Waals surface area contributed by atoms with Crippen LogP contribution in [0.3, 0.4) is 0 Å². The van der Waals surface area contributed by atoms with Gasteiger partial charge in [-0.05, 0) is 42.3 Å². The predicted molar refractivity (Wildman–Crippen MR) is 83.2 cm³/mol. The van der Waals surface area contributed by atoms with Gasteiger partial charge in [0.25, 0.3) is 0 Å². The summed E-state index contributed by atoms with van der Waals surface area (Å²) in [6, 6.07) is 8.02. The van der Waals surface area contributed by atoms with Gasteiger partial charge < -0.3 is 14.6 Å². The van der Waals surface area contributed by atoms with Crippen LogP contribution in [0.2, 0.25) is 0 Å². The van der Waals surface area contributed by atoms with Crippen molar-refractivity contribution >= 4 is 17.8 Å². The van der Waals surface area contributed by atoms with Crippen LogP contribution in [0, 0.1) is 5.82 Å². The highest BCUT2D eigenvalue weighted by atomic mass is 32.2. The van der Waals surface area contributed by atoms with Crippen LogP contribution < -0.4 is 5.32 Å². The molecule has 1 N–H and O–H groups in total. The van der Waals surface area contributed by atoms with Crippen LogP contribution >= 0.6 is 11.8 Å². The van der Waals surface area contributed by atoms with E-state index in [0.29, 0.717) is 6.54 Å². The molecule has 1 aromatic heterocycles. The summed E-state index contributed by atoms with van der Waals surface area (Å²) >= 11 is 1.69. The summed E-state index contributed by atoms with van der Waals surface area (Å²) in [5.74, 6) is 1.36. The Labute approximate surface area is 132 Å². The maximum absolute atomic E-state index is 13.5. The maximum Gasteiger partial charge on any atom is 0.318 e. The number of thioether (sulfide) groups is 1. The van der Waals surface area contributed by atoms with Gasteiger partial charge in [0, 0.05) is 17.7 Å². The van der Waals surface area contributed by atoms with Crippen LogP contribution in [0.25, 0.3) is 0 Å². The topological polar surface area (TPSA) is 45.5 Å². The van der Waals surface area contributed by atoms with Crippen molar-refractivity contribution in [2.24, 2.45) is 0 Å². The third-order valence-electron chi connectivity index (χ3n) is 3.63. The minimum absolute atomic E-state index is 0.154. The summed E-state index contributed by atoms with van der Waals surface area (Å²) in [6.07, 6.45) is 2.37. The Bertz CT molecular complexity index is 660. The van der Waals surface area contributed by atoms with E-state index < -0.39 is 0 Å². The third kappa shape index (κ3) is 3.27. The minimum Gasteiger partial charge on any atom is -0.467 e. The van der Waals surface area contributed by atoms with Crippen molar-refractivity contribution in [2.75, 3.05) is 12.8 Å². The zero-order chi connectivity index (χ0) is 15.5. The molecule has 6 heteroatoms. The van der Waals surface area contributed by atoms with Gasteiger partial charge in [-0.2, -0.15) is 0 Å². The van der Waals surface area contributed by atoms with Crippen molar-refractivity contribution in [2.45, 2.75) is 23.9 Å². The second kappa shape index (κ2) is 6.44. The van der Waals surface area contributed by atoms with Gasteiger partial charge in [0.15, 0.2) is 0 Å². The number of fused-ring (bicyclic) bond motifs is 1. The maximum atomic E-state index is 13.5. The normalized spacial score (nSPS) is 16.9. The molecule has 22 heavy (non-hydrogen) atoms. The molecule has 0 bridgehead atoms. The fourth-order valence-electron chi connectivity index (χ4n) is 2.48. The molecule has 0 spiro atoms. The largest absolute Gasteiger partial charge is 0.467 e. The van der Waals surface area contributed by atoms with Crippen LogP contribution in [0.15, 0.2) is 45.9 Å². The summed E-state index contributed by atoms with van der Waals surface area (Å²) in [5.41, 5.74) is 0.857. The number of rotatable bonds is 3. The summed E-state index contributed by atoms with van der Waals surface area (Å²) in [5, 5.41) is 2.98. The number of hydrogen-bond acceptors (Lipinski definition) is 3. The smallest absolute Gasteiger partial charge is 0.318 e. The fraction of sp³-hybridized carbons (Fsp3) is 0.312. The van der Waals surface area contributed by atoms with E-state index in [0.717, 1.165) is 28.4 Å². The highest BCUT2D eigenvalue weighted by Gasteiger charge is 2.24. The molecule has 0 fully saturated rings. The number of carbonyl (C=O) groups is 1. The molecule has 1 atom stereocenters. The lowest BCUT2D eigenvalue weighted by Gasteiger charge is -2.28. The molecule has 4 nitrogen and oxygen atoms in total. The summed E-state index contributed by atoms with van der Waals surface area (Å²) in [6.45, 7) is 0.399. The van der Waals surface area contributed by atoms with E-state index in [4.69, 9.17) is 4.42 Å². The number of hydrogen-bond donors (Lipinski definition) is 1. The predicted octanol–water partition coefficient (Wildman–Crippen LogP) is 3.80. The zero-order valence-electron chi connectivity index (χ0n) is 12.2. The first-order valence-electron chi connectivity index (χ1n) is 7.10. The van der Waals surface area contributed by atoms with E-state index in [9.17, 15) is 9.18 Å². The van der Waals surface area contributed by atoms with E-state index >= 15 is 0 Å². The number of nitrogens with zero attached hydrogens (tertiary/aromatic N) is 1. The zero-order valence-corrected chi connectivity index (χ0v) is 13.0. The number of halogens is 1. The van der Waals surface area contributed by atoms with Gasteiger partial charge in [-0.3, -0.25) is 0 Å². The van der Waals surface area contributed by atoms with Gasteiger partial charge >= 0.3 is 6.03 Å². The Hall–Kier alpha value is -1.95. The first-order chi connectivity index (χ1) is 10.6. The van der Waals surface area contributed by atoms with Crippen LogP contribution in [0.5, 0.6) is 0 Å². The highest BCUT2D eigenvalue weighted by molar-refractivity contribution is 7.99. The number of amides is 2. The van der Waals surface area contributed by atoms with Gasteiger partial charge in [0.2, 0.25) is 0 Å². The molecule has 3 rings (SSSR count). The molecule has 1 aliphatic rings. The summed E-state index contributed by atoms with van der Waals surface area (Å²) < 4.78 is 18.7. The van der Waals surface area contributed by atoms with Gasteiger partial charge in [-0.25, -0.2) is 9.18 Å². The van der Waals surface area contributed by atoms with Crippen molar-refractivity contribution in [3.05, 3.63) is 53.7 Å². The number of urea groups is 1. The molecule has 1 unspecified atom stereocenters. The molecule has 2 aromatic rings. The third-order valence-corrected chi connectivity index (χ3v) is 4.75. The average Bonchev–Trinajstić information content (AvgIpc) is 3.00. The summed E-state index contributed by atoms with van der Waals surface area (Å²) in [4.78, 5) is 14.9. The van der Waals surface area contributed by atoms with Crippen molar-refractivity contribution in [1.82, 2.24) is 10.2 Å². The Kier molecular flexibility index (Phi) is 4.38. The minimum atomic E-state index is -0.274. The second-order valence-electron chi connectivity index (χ2n) is 5.26. The molecule has 0 radical (unpaired) electrons. The molecule has 116 valence electrons. The SMILES string of the molecule is CN(Cc1ccco1)C(=O)NC1CCSc2ccc(F)cc21. The van der Waals surface area contributed by atoms with E-state index in [1.165, 1.54) is 12.1 Å². The van der Waals surface area contributed by atoms with Crippen molar-refractivity contribution in [3.63, 3.8) is 0 Å². The lowest BCUT2D eigenvalue weighted by Crippen LogP contribution is -2.39. The van der Waals surface area contributed by atoms with Gasteiger partial charge in [0.05, 0.1) is 18.8 Å². The highest BCUT2D eigenvalue weighted by Crippen LogP contribution is 2.36. The molecular weight excluding hydrogens is 303 g/mol. The monoisotopic (exact) mass is 320 g/mol. The Balaban J connectivity index is 1.68. The number of furan rings is 1. The molecule has 0 saturated heterocycles.